The fraction of sp³-hybridized carbons (Fsp3) is 0.143. The number of aryl methyl sites for hydroxylation is 1. The highest BCUT2D eigenvalue weighted by molar-refractivity contribution is 9.10. The first-order valence-corrected chi connectivity index (χ1v) is 4.18. The van der Waals surface area contributed by atoms with Gasteiger partial charge in [0, 0.05) is 17.7 Å². The summed E-state index contributed by atoms with van der Waals surface area (Å²) >= 11 is 3.27. The first kappa shape index (κ1) is 7.54. The molecule has 1 N–H and O–H groups in total. The third kappa shape index (κ3) is 0.972. The van der Waals surface area contributed by atoms with Crippen LogP contribution >= 0.6 is 15.9 Å². The molecule has 0 unspecified atom stereocenters. The monoisotopic (exact) mass is 227 g/mol. The van der Waals surface area contributed by atoms with Crippen molar-refractivity contribution in [2.24, 2.45) is 7.05 Å². The van der Waals surface area contributed by atoms with Gasteiger partial charge in [-0.3, -0.25) is 4.57 Å². The van der Waals surface area contributed by atoms with Gasteiger partial charge in [-0.25, -0.2) is 9.78 Å². The first-order chi connectivity index (χ1) is 5.68. The lowest BCUT2D eigenvalue weighted by Crippen LogP contribution is -2.12. The fourth-order valence-electron chi connectivity index (χ4n) is 1.09. The molecule has 0 spiro atoms. The molecule has 2 aromatic heterocycles. The van der Waals surface area contributed by atoms with Crippen LogP contribution in [-0.2, 0) is 7.05 Å². The molecule has 0 saturated heterocycles. The molecule has 0 atom stereocenters. The van der Waals surface area contributed by atoms with Crippen LogP contribution in [0.4, 0.5) is 0 Å². The molecular formula is C7H6BrN3O. The number of imidazole rings is 1. The first-order valence-electron chi connectivity index (χ1n) is 3.39. The van der Waals surface area contributed by atoms with E-state index in [1.807, 2.05) is 6.07 Å². The van der Waals surface area contributed by atoms with Gasteiger partial charge in [-0.2, -0.15) is 0 Å². The summed E-state index contributed by atoms with van der Waals surface area (Å²) in [6.07, 6.45) is 1.66. The molecule has 5 heteroatoms. The van der Waals surface area contributed by atoms with Crippen molar-refractivity contribution in [3.8, 4) is 0 Å². The maximum absolute atomic E-state index is 11.1. The molecule has 62 valence electrons. The van der Waals surface area contributed by atoms with Gasteiger partial charge in [-0.15, -0.1) is 0 Å². The summed E-state index contributed by atoms with van der Waals surface area (Å²) in [7, 11) is 1.68. The Morgan fingerprint density at radius 3 is 3.17 bits per heavy atom. The van der Waals surface area contributed by atoms with Gasteiger partial charge in [0.2, 0.25) is 0 Å². The minimum Gasteiger partial charge on any atom is -0.304 e. The van der Waals surface area contributed by atoms with Gasteiger partial charge in [0.05, 0.1) is 5.52 Å². The van der Waals surface area contributed by atoms with Gasteiger partial charge >= 0.3 is 5.69 Å². The normalized spacial score (nSPS) is 10.8. The summed E-state index contributed by atoms with van der Waals surface area (Å²) in [6.45, 7) is 0. The fourth-order valence-corrected chi connectivity index (χ4v) is 1.42. The van der Waals surface area contributed by atoms with E-state index >= 15 is 0 Å². The van der Waals surface area contributed by atoms with Crippen LogP contribution in [0.25, 0.3) is 11.2 Å². The highest BCUT2D eigenvalue weighted by Gasteiger charge is 2.03. The Morgan fingerprint density at radius 2 is 2.42 bits per heavy atom. The van der Waals surface area contributed by atoms with Crippen molar-refractivity contribution in [1.82, 2.24) is 14.5 Å². The maximum atomic E-state index is 11.1. The second kappa shape index (κ2) is 2.45. The molecule has 0 aliphatic carbocycles. The number of hydrogen-bond acceptors (Lipinski definition) is 2. The number of rotatable bonds is 0. The van der Waals surface area contributed by atoms with Crippen LogP contribution in [0.3, 0.4) is 0 Å². The van der Waals surface area contributed by atoms with Crippen LogP contribution < -0.4 is 5.69 Å². The molecule has 0 bridgehead atoms. The average Bonchev–Trinajstić information content (AvgIpc) is 2.28. The number of fused-ring (bicyclic) bond motifs is 1. The summed E-state index contributed by atoms with van der Waals surface area (Å²) in [5.41, 5.74) is 1.27. The van der Waals surface area contributed by atoms with Crippen LogP contribution in [0.5, 0.6) is 0 Å². The lowest BCUT2D eigenvalue weighted by Gasteiger charge is -1.91. The van der Waals surface area contributed by atoms with Gasteiger partial charge in [-0.1, -0.05) is 0 Å². The zero-order valence-electron chi connectivity index (χ0n) is 6.34. The molecular weight excluding hydrogens is 222 g/mol. The molecule has 2 aromatic rings. The van der Waals surface area contributed by atoms with Crippen molar-refractivity contribution in [2.45, 2.75) is 0 Å². The van der Waals surface area contributed by atoms with Crippen LogP contribution in [0, 0.1) is 0 Å². The molecule has 12 heavy (non-hydrogen) atoms. The predicted molar refractivity (Wildman–Crippen MR) is 49.0 cm³/mol. The third-order valence-corrected chi connectivity index (χ3v) is 2.13. The zero-order valence-corrected chi connectivity index (χ0v) is 7.92. The Morgan fingerprint density at radius 1 is 1.67 bits per heavy atom. The summed E-state index contributed by atoms with van der Waals surface area (Å²) in [5.74, 6) is 0. The molecule has 4 nitrogen and oxygen atoms in total. The van der Waals surface area contributed by atoms with Crippen molar-refractivity contribution in [3.05, 3.63) is 27.2 Å². The number of H-pyrrole nitrogens is 1. The molecule has 0 saturated carbocycles. The molecule has 0 radical (unpaired) electrons. The van der Waals surface area contributed by atoms with E-state index in [-0.39, 0.29) is 5.69 Å². The minimum absolute atomic E-state index is 0.143. The Bertz CT molecular complexity index is 485. The van der Waals surface area contributed by atoms with E-state index in [2.05, 4.69) is 25.9 Å². The van der Waals surface area contributed by atoms with Gasteiger partial charge < -0.3 is 4.98 Å². The summed E-state index contributed by atoms with van der Waals surface area (Å²) in [6, 6.07) is 1.82. The van der Waals surface area contributed by atoms with Gasteiger partial charge in [0.1, 0.15) is 0 Å². The molecule has 2 rings (SSSR count). The number of aromatic nitrogens is 3. The van der Waals surface area contributed by atoms with E-state index in [1.54, 1.807) is 13.2 Å². The standard InChI is InChI=1S/C7H6BrN3O/c1-11-6-5(10-7(11)12)2-4(8)3-9-6/h2-3H,1H3,(H,10,12). The van der Waals surface area contributed by atoms with E-state index in [4.69, 9.17) is 0 Å². The number of nitrogens with zero attached hydrogens (tertiary/aromatic N) is 2. The minimum atomic E-state index is -0.143. The topological polar surface area (TPSA) is 50.7 Å². The van der Waals surface area contributed by atoms with Crippen LogP contribution in [0.1, 0.15) is 0 Å². The van der Waals surface area contributed by atoms with E-state index < -0.39 is 0 Å². The highest BCUT2D eigenvalue weighted by atomic mass is 79.9. The highest BCUT2D eigenvalue weighted by Crippen LogP contribution is 2.12. The van der Waals surface area contributed by atoms with Crippen molar-refractivity contribution in [2.75, 3.05) is 0 Å². The molecule has 0 amide bonds. The largest absolute Gasteiger partial charge is 0.327 e. The molecule has 0 aliphatic heterocycles. The Kier molecular flexibility index (Phi) is 1.54. The lowest BCUT2D eigenvalue weighted by atomic mass is 10.4. The zero-order chi connectivity index (χ0) is 8.72. The molecule has 2 heterocycles. The smallest absolute Gasteiger partial charge is 0.304 e. The summed E-state index contributed by atoms with van der Waals surface area (Å²) in [5, 5.41) is 0. The molecule has 0 aliphatic rings. The van der Waals surface area contributed by atoms with E-state index in [0.717, 1.165) is 9.99 Å². The van der Waals surface area contributed by atoms with Gasteiger partial charge in [0.15, 0.2) is 5.65 Å². The van der Waals surface area contributed by atoms with Crippen molar-refractivity contribution in [1.29, 1.82) is 0 Å². The Hall–Kier alpha value is -1.10. The second-order valence-corrected chi connectivity index (χ2v) is 3.43. The molecule has 0 aromatic carbocycles. The van der Waals surface area contributed by atoms with Crippen molar-refractivity contribution >= 4 is 27.1 Å². The maximum Gasteiger partial charge on any atom is 0.327 e. The van der Waals surface area contributed by atoms with Gasteiger partial charge in [-0.05, 0) is 22.0 Å². The number of nitrogens with one attached hydrogen (secondary N) is 1. The van der Waals surface area contributed by atoms with Crippen LogP contribution in [-0.4, -0.2) is 14.5 Å². The van der Waals surface area contributed by atoms with Gasteiger partial charge in [0.25, 0.3) is 0 Å². The SMILES string of the molecule is Cn1c(=O)[nH]c2cc(Br)cnc21. The van der Waals surface area contributed by atoms with E-state index in [0.29, 0.717) is 5.65 Å². The summed E-state index contributed by atoms with van der Waals surface area (Å²) < 4.78 is 2.33. The third-order valence-electron chi connectivity index (χ3n) is 1.70. The Labute approximate surface area is 76.4 Å². The lowest BCUT2D eigenvalue weighted by molar-refractivity contribution is 0.879. The number of aromatic amines is 1. The van der Waals surface area contributed by atoms with Crippen molar-refractivity contribution in [3.63, 3.8) is 0 Å². The quantitative estimate of drug-likeness (QED) is 0.731. The predicted octanol–water partition coefficient (Wildman–Crippen LogP) is 1.02. The number of hydrogen-bond donors (Lipinski definition) is 1. The summed E-state index contributed by atoms with van der Waals surface area (Å²) in [4.78, 5) is 17.9. The van der Waals surface area contributed by atoms with E-state index in [9.17, 15) is 4.79 Å². The van der Waals surface area contributed by atoms with Crippen LogP contribution in [0.15, 0.2) is 21.5 Å². The van der Waals surface area contributed by atoms with E-state index in [1.165, 1.54) is 4.57 Å². The number of pyridine rings is 1. The average molecular weight is 228 g/mol. The van der Waals surface area contributed by atoms with Crippen molar-refractivity contribution < 1.29 is 0 Å². The second-order valence-electron chi connectivity index (χ2n) is 2.51. The Balaban J connectivity index is 2.96. The van der Waals surface area contributed by atoms with Crippen LogP contribution in [0.2, 0.25) is 0 Å². The molecule has 0 fully saturated rings. The number of halogens is 1.